The first kappa shape index (κ1) is 11.1. The van der Waals surface area contributed by atoms with Crippen LogP contribution >= 0.6 is 24.0 Å². The van der Waals surface area contributed by atoms with Crippen molar-refractivity contribution in [2.45, 2.75) is 19.4 Å². The molecule has 0 saturated heterocycles. The van der Waals surface area contributed by atoms with Crippen LogP contribution in [0.4, 0.5) is 0 Å². The van der Waals surface area contributed by atoms with Crippen LogP contribution in [0.3, 0.4) is 0 Å². The van der Waals surface area contributed by atoms with E-state index >= 15 is 0 Å². The molecule has 0 aromatic heterocycles. The van der Waals surface area contributed by atoms with Crippen molar-refractivity contribution in [2.75, 3.05) is 0 Å². The summed E-state index contributed by atoms with van der Waals surface area (Å²) >= 11 is 5.23. The van der Waals surface area contributed by atoms with E-state index in [0.29, 0.717) is 0 Å². The molecule has 0 atom stereocenters. The average Bonchev–Trinajstić information content (AvgIpc) is 1.30. The first-order valence-electron chi connectivity index (χ1n) is 2.13. The maximum Gasteiger partial charge on any atom is 0.0293 e. The Morgan fingerprint density at radius 3 is 1.88 bits per heavy atom. The molecule has 0 spiro atoms. The molecular formula is C5H11Cl2N. The van der Waals surface area contributed by atoms with Crippen molar-refractivity contribution in [3.8, 4) is 0 Å². The number of halogens is 2. The van der Waals surface area contributed by atoms with Crippen LogP contribution in [0.25, 0.3) is 0 Å². The van der Waals surface area contributed by atoms with Crippen LogP contribution in [0.5, 0.6) is 0 Å². The summed E-state index contributed by atoms with van der Waals surface area (Å²) in [6.07, 6.45) is 1.73. The number of rotatable bonds is 1. The van der Waals surface area contributed by atoms with E-state index in [1.807, 2.05) is 13.8 Å². The minimum atomic E-state index is -0.262. The van der Waals surface area contributed by atoms with E-state index < -0.39 is 0 Å². The summed E-state index contributed by atoms with van der Waals surface area (Å²) in [6.45, 7) is 3.76. The highest BCUT2D eigenvalue weighted by molar-refractivity contribution is 6.25. The Bertz CT molecular complexity index is 73.0. The van der Waals surface area contributed by atoms with Crippen molar-refractivity contribution in [1.82, 2.24) is 0 Å². The topological polar surface area (TPSA) is 26.0 Å². The Hall–Kier alpha value is 0.280. The first-order valence-corrected chi connectivity index (χ1v) is 2.57. The van der Waals surface area contributed by atoms with E-state index in [2.05, 4.69) is 0 Å². The fourth-order valence-corrected chi connectivity index (χ4v) is 0.487. The lowest BCUT2D eigenvalue weighted by Crippen LogP contribution is -2.28. The van der Waals surface area contributed by atoms with E-state index in [9.17, 15) is 0 Å². The van der Waals surface area contributed by atoms with E-state index in [1.54, 1.807) is 6.08 Å². The summed E-state index contributed by atoms with van der Waals surface area (Å²) in [7, 11) is 0. The quantitative estimate of drug-likeness (QED) is 0.616. The molecule has 0 rings (SSSR count). The molecule has 0 radical (unpaired) electrons. The second-order valence-corrected chi connectivity index (χ2v) is 2.37. The average molecular weight is 156 g/mol. The summed E-state index contributed by atoms with van der Waals surface area (Å²) < 4.78 is 0. The van der Waals surface area contributed by atoms with Gasteiger partial charge in [-0.1, -0.05) is 17.7 Å². The summed E-state index contributed by atoms with van der Waals surface area (Å²) in [5, 5.41) is 0. The molecule has 0 aliphatic carbocycles. The molecule has 2 N–H and O–H groups in total. The van der Waals surface area contributed by atoms with Gasteiger partial charge in [-0.25, -0.2) is 0 Å². The minimum Gasteiger partial charge on any atom is -0.322 e. The maximum atomic E-state index is 5.47. The second kappa shape index (κ2) is 4.19. The molecule has 0 saturated carbocycles. The highest BCUT2D eigenvalue weighted by Gasteiger charge is 2.01. The SMILES string of the molecule is CC(C)(N)/C=C\Cl.Cl. The van der Waals surface area contributed by atoms with Gasteiger partial charge in [0.1, 0.15) is 0 Å². The van der Waals surface area contributed by atoms with Gasteiger partial charge in [0.25, 0.3) is 0 Å². The predicted molar refractivity (Wildman–Crippen MR) is 40.5 cm³/mol. The molecule has 50 valence electrons. The normalized spacial score (nSPS) is 11.5. The molecule has 0 bridgehead atoms. The largest absolute Gasteiger partial charge is 0.322 e. The lowest BCUT2D eigenvalue weighted by Gasteiger charge is -2.09. The Morgan fingerprint density at radius 2 is 1.88 bits per heavy atom. The van der Waals surface area contributed by atoms with E-state index in [1.165, 1.54) is 5.54 Å². The number of hydrogen-bond donors (Lipinski definition) is 1. The van der Waals surface area contributed by atoms with Crippen LogP contribution in [0.1, 0.15) is 13.8 Å². The van der Waals surface area contributed by atoms with Crippen LogP contribution in [-0.2, 0) is 0 Å². The third-order valence-corrected chi connectivity index (χ3v) is 0.619. The van der Waals surface area contributed by atoms with Gasteiger partial charge in [-0.2, -0.15) is 0 Å². The zero-order valence-electron chi connectivity index (χ0n) is 5.02. The van der Waals surface area contributed by atoms with Gasteiger partial charge in [-0.15, -0.1) is 12.4 Å². The minimum absolute atomic E-state index is 0. The molecule has 0 amide bonds. The molecule has 8 heavy (non-hydrogen) atoms. The molecule has 0 unspecified atom stereocenters. The van der Waals surface area contributed by atoms with Gasteiger partial charge < -0.3 is 5.73 Å². The number of nitrogens with two attached hydrogens (primary N) is 1. The summed E-state index contributed by atoms with van der Waals surface area (Å²) in [5.41, 5.74) is 6.64. The molecular weight excluding hydrogens is 145 g/mol. The highest BCUT2D eigenvalue weighted by Crippen LogP contribution is 1.98. The fourth-order valence-electron chi connectivity index (χ4n) is 0.162. The van der Waals surface area contributed by atoms with E-state index in [4.69, 9.17) is 17.3 Å². The van der Waals surface area contributed by atoms with Crippen molar-refractivity contribution in [3.63, 3.8) is 0 Å². The molecule has 3 heteroatoms. The van der Waals surface area contributed by atoms with Gasteiger partial charge in [-0.3, -0.25) is 0 Å². The van der Waals surface area contributed by atoms with Crippen molar-refractivity contribution in [3.05, 3.63) is 11.6 Å². The Kier molecular flexibility index (Phi) is 5.82. The van der Waals surface area contributed by atoms with Crippen molar-refractivity contribution < 1.29 is 0 Å². The van der Waals surface area contributed by atoms with Crippen LogP contribution in [0.15, 0.2) is 11.6 Å². The third-order valence-electron chi connectivity index (χ3n) is 0.493. The molecule has 0 aliphatic heterocycles. The van der Waals surface area contributed by atoms with Gasteiger partial charge in [0, 0.05) is 11.1 Å². The monoisotopic (exact) mass is 155 g/mol. The molecule has 0 aliphatic rings. The first-order chi connectivity index (χ1) is 3.06. The molecule has 0 aromatic carbocycles. The van der Waals surface area contributed by atoms with Crippen molar-refractivity contribution in [1.29, 1.82) is 0 Å². The Morgan fingerprint density at radius 1 is 1.50 bits per heavy atom. The van der Waals surface area contributed by atoms with Gasteiger partial charge >= 0.3 is 0 Å². The molecule has 0 fully saturated rings. The molecule has 0 aromatic rings. The zero-order valence-corrected chi connectivity index (χ0v) is 6.59. The van der Waals surface area contributed by atoms with E-state index in [0.717, 1.165) is 0 Å². The zero-order chi connectivity index (χ0) is 5.91. The third kappa shape index (κ3) is 9.56. The van der Waals surface area contributed by atoms with Crippen LogP contribution < -0.4 is 5.73 Å². The second-order valence-electron chi connectivity index (χ2n) is 2.11. The fraction of sp³-hybridized carbons (Fsp3) is 0.600. The van der Waals surface area contributed by atoms with Crippen molar-refractivity contribution in [2.24, 2.45) is 5.73 Å². The lowest BCUT2D eigenvalue weighted by atomic mass is 10.1. The maximum absolute atomic E-state index is 5.47. The standard InChI is InChI=1S/C5H10ClN.ClH/c1-5(2,7)3-4-6;/h3-4H,7H2,1-2H3;1H/b4-3-;. The smallest absolute Gasteiger partial charge is 0.0293 e. The van der Waals surface area contributed by atoms with Gasteiger partial charge in [0.05, 0.1) is 0 Å². The van der Waals surface area contributed by atoms with Crippen LogP contribution in [0, 0.1) is 0 Å². The van der Waals surface area contributed by atoms with Crippen LogP contribution in [-0.4, -0.2) is 5.54 Å². The Labute approximate surface area is 61.3 Å². The van der Waals surface area contributed by atoms with Crippen molar-refractivity contribution >= 4 is 24.0 Å². The highest BCUT2D eigenvalue weighted by atomic mass is 35.5. The summed E-state index contributed by atoms with van der Waals surface area (Å²) in [5.74, 6) is 0. The Balaban J connectivity index is 0. The summed E-state index contributed by atoms with van der Waals surface area (Å²) in [4.78, 5) is 0. The van der Waals surface area contributed by atoms with E-state index in [-0.39, 0.29) is 17.9 Å². The van der Waals surface area contributed by atoms with Gasteiger partial charge in [-0.05, 0) is 13.8 Å². The summed E-state index contributed by atoms with van der Waals surface area (Å²) in [6, 6.07) is 0. The lowest BCUT2D eigenvalue weighted by molar-refractivity contribution is 0.655. The van der Waals surface area contributed by atoms with Gasteiger partial charge in [0.15, 0.2) is 0 Å². The predicted octanol–water partition coefficient (Wildman–Crippen LogP) is 1.90. The van der Waals surface area contributed by atoms with Gasteiger partial charge in [0.2, 0.25) is 0 Å². The molecule has 1 nitrogen and oxygen atoms in total. The van der Waals surface area contributed by atoms with Crippen LogP contribution in [0.2, 0.25) is 0 Å². The molecule has 0 heterocycles. The number of hydrogen-bond acceptors (Lipinski definition) is 1.